The van der Waals surface area contributed by atoms with Gasteiger partial charge in [-0.2, -0.15) is 0 Å². The average molecular weight is 420 g/mol. The largest absolute Gasteiger partial charge is 0.391 e. The Balaban J connectivity index is 1.81. The number of aliphatic hydroxyl groups is 1. The summed E-state index contributed by atoms with van der Waals surface area (Å²) in [6.45, 7) is 10.3. The minimum absolute atomic E-state index is 0.0898. The zero-order valence-electron chi connectivity index (χ0n) is 19.0. The van der Waals surface area contributed by atoms with Gasteiger partial charge in [0.2, 0.25) is 11.8 Å². The molecule has 4 atom stereocenters. The maximum atomic E-state index is 13.7. The molecule has 2 aliphatic rings. The first kappa shape index (κ1) is 22.7. The lowest BCUT2D eigenvalue weighted by molar-refractivity contribution is -0.144. The molecule has 30 heavy (non-hydrogen) atoms. The van der Waals surface area contributed by atoms with Gasteiger partial charge in [-0.05, 0) is 31.1 Å². The van der Waals surface area contributed by atoms with Gasteiger partial charge >= 0.3 is 0 Å². The van der Waals surface area contributed by atoms with E-state index in [0.717, 1.165) is 37.8 Å². The number of aromatic nitrogens is 3. The van der Waals surface area contributed by atoms with Crippen LogP contribution in [0.3, 0.4) is 0 Å². The van der Waals surface area contributed by atoms with Gasteiger partial charge in [0.25, 0.3) is 0 Å². The van der Waals surface area contributed by atoms with Gasteiger partial charge in [0, 0.05) is 31.1 Å². The van der Waals surface area contributed by atoms with Crippen molar-refractivity contribution in [3.8, 4) is 0 Å². The Morgan fingerprint density at radius 3 is 2.57 bits per heavy atom. The standard InChI is InChI=1S/C22H37N5O3/c1-6-8-15(7-2)23-20(29)18-11-16(28)12-26(18)21(30)19(22(3,4)5)27-13-17(24-25-27)14-9-10-14/h13-16,18-19,28H,6-12H2,1-5H3,(H,23,29). The Morgan fingerprint density at radius 1 is 1.30 bits per heavy atom. The smallest absolute Gasteiger partial charge is 0.248 e. The molecule has 8 nitrogen and oxygen atoms in total. The summed E-state index contributed by atoms with van der Waals surface area (Å²) < 4.78 is 1.65. The molecule has 2 N–H and O–H groups in total. The first-order chi connectivity index (χ1) is 14.2. The Morgan fingerprint density at radius 2 is 2.00 bits per heavy atom. The SMILES string of the molecule is CCCC(CC)NC(=O)C1CC(O)CN1C(=O)C(n1cc(C2CC2)nn1)C(C)(C)C. The number of carbonyl (C=O) groups is 2. The van der Waals surface area contributed by atoms with Crippen LogP contribution in [0, 0.1) is 5.41 Å². The molecule has 0 radical (unpaired) electrons. The minimum Gasteiger partial charge on any atom is -0.391 e. The van der Waals surface area contributed by atoms with E-state index >= 15 is 0 Å². The average Bonchev–Trinajstić information content (AvgIpc) is 3.28. The van der Waals surface area contributed by atoms with Crippen LogP contribution in [-0.4, -0.2) is 61.5 Å². The second-order valence-corrected chi connectivity index (χ2v) is 9.96. The summed E-state index contributed by atoms with van der Waals surface area (Å²) in [5.74, 6) is 0.0891. The minimum atomic E-state index is -0.700. The van der Waals surface area contributed by atoms with E-state index in [1.807, 2.05) is 33.9 Å². The molecule has 2 amide bonds. The number of carbonyl (C=O) groups excluding carboxylic acids is 2. The van der Waals surface area contributed by atoms with Gasteiger partial charge in [-0.15, -0.1) is 5.10 Å². The van der Waals surface area contributed by atoms with Crippen LogP contribution in [0.2, 0.25) is 0 Å². The lowest BCUT2D eigenvalue weighted by Crippen LogP contribution is -2.52. The van der Waals surface area contributed by atoms with Crippen molar-refractivity contribution in [1.29, 1.82) is 0 Å². The van der Waals surface area contributed by atoms with Crippen LogP contribution >= 0.6 is 0 Å². The molecule has 2 heterocycles. The number of amides is 2. The quantitative estimate of drug-likeness (QED) is 0.674. The van der Waals surface area contributed by atoms with Crippen LogP contribution < -0.4 is 5.32 Å². The third-order valence-electron chi connectivity index (χ3n) is 6.18. The number of aliphatic hydroxyl groups excluding tert-OH is 1. The van der Waals surface area contributed by atoms with Crippen molar-refractivity contribution < 1.29 is 14.7 Å². The summed E-state index contributed by atoms with van der Waals surface area (Å²) >= 11 is 0. The van der Waals surface area contributed by atoms with Gasteiger partial charge in [0.05, 0.1) is 11.8 Å². The molecule has 0 spiro atoms. The highest BCUT2D eigenvalue weighted by molar-refractivity contribution is 5.90. The lowest BCUT2D eigenvalue weighted by Gasteiger charge is -2.35. The first-order valence-electron chi connectivity index (χ1n) is 11.4. The number of nitrogens with one attached hydrogen (secondary N) is 1. The number of rotatable bonds is 8. The zero-order chi connectivity index (χ0) is 22.1. The lowest BCUT2D eigenvalue weighted by atomic mass is 9.85. The Hall–Kier alpha value is -1.96. The molecule has 3 rings (SSSR count). The van der Waals surface area contributed by atoms with Crippen LogP contribution in [0.15, 0.2) is 6.20 Å². The Kier molecular flexibility index (Phi) is 6.84. The van der Waals surface area contributed by atoms with Crippen molar-refractivity contribution in [2.75, 3.05) is 6.54 Å². The molecule has 1 aliphatic heterocycles. The molecule has 1 aliphatic carbocycles. The molecule has 0 bridgehead atoms. The number of β-amino-alcohol motifs (C(OH)–C–C–N with tert-alkyl or cyclic N) is 1. The van der Waals surface area contributed by atoms with E-state index in [-0.39, 0.29) is 30.8 Å². The van der Waals surface area contributed by atoms with Gasteiger partial charge in [0.1, 0.15) is 12.1 Å². The normalized spacial score (nSPS) is 24.0. The summed E-state index contributed by atoms with van der Waals surface area (Å²) in [6.07, 6.45) is 6.40. The fraction of sp³-hybridized carbons (Fsp3) is 0.818. The summed E-state index contributed by atoms with van der Waals surface area (Å²) in [6, 6.07) is -1.16. The van der Waals surface area contributed by atoms with Gasteiger partial charge < -0.3 is 15.3 Å². The summed E-state index contributed by atoms with van der Waals surface area (Å²) in [5.41, 5.74) is 0.507. The van der Waals surface area contributed by atoms with Crippen LogP contribution in [0.1, 0.15) is 90.8 Å². The van der Waals surface area contributed by atoms with Crippen LogP contribution in [0.4, 0.5) is 0 Å². The fourth-order valence-electron chi connectivity index (χ4n) is 4.35. The molecule has 1 saturated carbocycles. The third-order valence-corrected chi connectivity index (χ3v) is 6.18. The molecule has 1 aromatic heterocycles. The molecular formula is C22H37N5O3. The maximum absolute atomic E-state index is 13.7. The number of likely N-dealkylation sites (tertiary alicyclic amines) is 1. The van der Waals surface area contributed by atoms with Crippen molar-refractivity contribution in [2.24, 2.45) is 5.41 Å². The summed E-state index contributed by atoms with van der Waals surface area (Å²) in [5, 5.41) is 21.9. The Bertz CT molecular complexity index is 752. The second-order valence-electron chi connectivity index (χ2n) is 9.96. The van der Waals surface area contributed by atoms with E-state index in [1.165, 1.54) is 0 Å². The van der Waals surface area contributed by atoms with Crippen molar-refractivity contribution in [2.45, 2.75) is 103 Å². The molecule has 0 aromatic carbocycles. The predicted molar refractivity (Wildman–Crippen MR) is 114 cm³/mol. The van der Waals surface area contributed by atoms with Gasteiger partial charge in [-0.1, -0.05) is 46.3 Å². The molecular weight excluding hydrogens is 382 g/mol. The van der Waals surface area contributed by atoms with E-state index in [4.69, 9.17) is 0 Å². The summed E-state index contributed by atoms with van der Waals surface area (Å²) in [7, 11) is 0. The van der Waals surface area contributed by atoms with E-state index in [1.54, 1.807) is 9.58 Å². The van der Waals surface area contributed by atoms with Gasteiger partial charge in [0.15, 0.2) is 0 Å². The molecule has 8 heteroatoms. The highest BCUT2D eigenvalue weighted by Gasteiger charge is 2.45. The molecule has 1 aromatic rings. The van der Waals surface area contributed by atoms with Crippen molar-refractivity contribution in [3.63, 3.8) is 0 Å². The molecule has 1 saturated heterocycles. The van der Waals surface area contributed by atoms with E-state index in [9.17, 15) is 14.7 Å². The topological polar surface area (TPSA) is 100 Å². The monoisotopic (exact) mass is 419 g/mol. The van der Waals surface area contributed by atoms with Crippen molar-refractivity contribution in [1.82, 2.24) is 25.2 Å². The highest BCUT2D eigenvalue weighted by atomic mass is 16.3. The summed E-state index contributed by atoms with van der Waals surface area (Å²) in [4.78, 5) is 28.2. The van der Waals surface area contributed by atoms with Gasteiger partial charge in [-0.3, -0.25) is 9.59 Å². The predicted octanol–water partition coefficient (Wildman–Crippen LogP) is 2.40. The fourth-order valence-corrected chi connectivity index (χ4v) is 4.35. The Labute approximate surface area is 179 Å². The highest BCUT2D eigenvalue weighted by Crippen LogP contribution is 2.40. The van der Waals surface area contributed by atoms with E-state index < -0.39 is 23.6 Å². The number of hydrogen-bond acceptors (Lipinski definition) is 5. The van der Waals surface area contributed by atoms with Crippen molar-refractivity contribution >= 4 is 11.8 Å². The van der Waals surface area contributed by atoms with E-state index in [0.29, 0.717) is 5.92 Å². The van der Waals surface area contributed by atoms with Gasteiger partial charge in [-0.25, -0.2) is 4.68 Å². The number of hydrogen-bond donors (Lipinski definition) is 2. The van der Waals surface area contributed by atoms with Crippen LogP contribution in [0.25, 0.3) is 0 Å². The molecule has 168 valence electrons. The third kappa shape index (κ3) is 5.02. The van der Waals surface area contributed by atoms with Crippen LogP contribution in [-0.2, 0) is 9.59 Å². The maximum Gasteiger partial charge on any atom is 0.248 e. The second kappa shape index (κ2) is 9.04. The molecule has 4 unspecified atom stereocenters. The van der Waals surface area contributed by atoms with E-state index in [2.05, 4.69) is 22.6 Å². The van der Waals surface area contributed by atoms with Crippen LogP contribution in [0.5, 0.6) is 0 Å². The molecule has 2 fully saturated rings. The zero-order valence-corrected chi connectivity index (χ0v) is 19.0. The first-order valence-corrected chi connectivity index (χ1v) is 11.4. The number of nitrogens with zero attached hydrogens (tertiary/aromatic N) is 4. The van der Waals surface area contributed by atoms with Crippen molar-refractivity contribution in [3.05, 3.63) is 11.9 Å².